The van der Waals surface area contributed by atoms with Crippen molar-refractivity contribution in [2.75, 3.05) is 5.32 Å². The van der Waals surface area contributed by atoms with Crippen LogP contribution < -0.4 is 5.32 Å². The lowest BCUT2D eigenvalue weighted by atomic mass is 10.1. The van der Waals surface area contributed by atoms with E-state index in [1.54, 1.807) is 18.2 Å². The summed E-state index contributed by atoms with van der Waals surface area (Å²) in [5, 5.41) is 12.5. The van der Waals surface area contributed by atoms with E-state index in [0.717, 1.165) is 17.0 Å². The van der Waals surface area contributed by atoms with Gasteiger partial charge in [-0.15, -0.1) is 10.2 Å². The molecule has 1 aromatic heterocycles. The number of hydrogen-bond donors (Lipinski definition) is 1. The molecule has 1 unspecified atom stereocenters. The number of benzene rings is 2. The van der Waals surface area contributed by atoms with Crippen molar-refractivity contribution in [2.45, 2.75) is 37.7 Å². The van der Waals surface area contributed by atoms with Gasteiger partial charge in [0.2, 0.25) is 5.91 Å². The molecule has 8 heteroatoms. The number of hydrogen-bond acceptors (Lipinski definition) is 4. The van der Waals surface area contributed by atoms with Crippen molar-refractivity contribution in [3.63, 3.8) is 0 Å². The Balaban J connectivity index is 1.77. The second-order valence-corrected chi connectivity index (χ2v) is 8.36. The summed E-state index contributed by atoms with van der Waals surface area (Å²) in [6.45, 7) is 6.59. The largest absolute Gasteiger partial charge is 0.324 e. The van der Waals surface area contributed by atoms with E-state index in [4.69, 9.17) is 23.2 Å². The highest BCUT2D eigenvalue weighted by Gasteiger charge is 2.21. The molecule has 1 N–H and O–H groups in total. The minimum atomic E-state index is -0.394. The number of thioether (sulfide) groups is 1. The van der Waals surface area contributed by atoms with Crippen LogP contribution >= 0.6 is 35.0 Å². The smallest absolute Gasteiger partial charge is 0.237 e. The van der Waals surface area contributed by atoms with Crippen LogP contribution in [-0.2, 0) is 11.3 Å². The summed E-state index contributed by atoms with van der Waals surface area (Å²) in [5.41, 5.74) is 2.65. The fraction of sp³-hybridized carbons (Fsp3) is 0.250. The predicted octanol–water partition coefficient (Wildman–Crippen LogP) is 5.70. The molecule has 1 heterocycles. The molecule has 3 rings (SSSR count). The maximum absolute atomic E-state index is 12.6. The van der Waals surface area contributed by atoms with Crippen LogP contribution in [0.2, 0.25) is 10.0 Å². The Hall–Kier alpha value is -2.02. The van der Waals surface area contributed by atoms with Crippen LogP contribution in [0.1, 0.15) is 19.4 Å². The Morgan fingerprint density at radius 2 is 1.96 bits per heavy atom. The Bertz CT molecular complexity index is 1010. The molecule has 0 radical (unpaired) electrons. The average molecular weight is 435 g/mol. The SMILES string of the molecule is CCn1c(SC(C)C(=O)Nc2cccc(Cl)c2Cl)nnc1-c1cccc(C)c1. The van der Waals surface area contributed by atoms with E-state index in [1.165, 1.54) is 11.8 Å². The minimum absolute atomic E-state index is 0.183. The molecule has 1 amide bonds. The number of amides is 1. The third-order valence-electron chi connectivity index (χ3n) is 4.17. The molecular weight excluding hydrogens is 415 g/mol. The van der Waals surface area contributed by atoms with Crippen molar-refractivity contribution < 1.29 is 4.79 Å². The predicted molar refractivity (Wildman–Crippen MR) is 116 cm³/mol. The summed E-state index contributed by atoms with van der Waals surface area (Å²) in [5.74, 6) is 0.608. The normalized spacial score (nSPS) is 12.0. The number of rotatable bonds is 6. The minimum Gasteiger partial charge on any atom is -0.324 e. The standard InChI is InChI=1S/C20H20Cl2N4OS/c1-4-26-18(14-8-5-7-12(2)11-14)24-25-20(26)28-13(3)19(27)23-16-10-6-9-15(21)17(16)22/h5-11,13H,4H2,1-3H3,(H,23,27). The number of halogens is 2. The van der Waals surface area contributed by atoms with Crippen LogP contribution in [-0.4, -0.2) is 25.9 Å². The fourth-order valence-corrected chi connectivity index (χ4v) is 3.97. The first-order valence-electron chi connectivity index (χ1n) is 8.82. The van der Waals surface area contributed by atoms with Crippen LogP contribution in [0.5, 0.6) is 0 Å². The van der Waals surface area contributed by atoms with Gasteiger partial charge in [0, 0.05) is 12.1 Å². The van der Waals surface area contributed by atoms with Gasteiger partial charge in [0.15, 0.2) is 11.0 Å². The fourth-order valence-electron chi connectivity index (χ4n) is 2.70. The van der Waals surface area contributed by atoms with Crippen LogP contribution in [0.25, 0.3) is 11.4 Å². The summed E-state index contributed by atoms with van der Waals surface area (Å²) in [4.78, 5) is 12.6. The summed E-state index contributed by atoms with van der Waals surface area (Å²) in [7, 11) is 0. The quantitative estimate of drug-likeness (QED) is 0.505. The van der Waals surface area contributed by atoms with Crippen LogP contribution in [0.15, 0.2) is 47.6 Å². The van der Waals surface area contributed by atoms with E-state index in [0.29, 0.717) is 27.4 Å². The third kappa shape index (κ3) is 4.51. The highest BCUT2D eigenvalue weighted by atomic mass is 35.5. The molecule has 3 aromatic rings. The number of nitrogens with one attached hydrogen (secondary N) is 1. The number of aryl methyl sites for hydroxylation is 1. The van der Waals surface area contributed by atoms with Crippen molar-refractivity contribution in [3.8, 4) is 11.4 Å². The van der Waals surface area contributed by atoms with Crippen molar-refractivity contribution in [1.29, 1.82) is 0 Å². The lowest BCUT2D eigenvalue weighted by Crippen LogP contribution is -2.23. The molecule has 1 atom stereocenters. The first kappa shape index (κ1) is 20.7. The van der Waals surface area contributed by atoms with Crippen molar-refractivity contribution >= 4 is 46.6 Å². The average Bonchev–Trinajstić information content (AvgIpc) is 3.08. The lowest BCUT2D eigenvalue weighted by molar-refractivity contribution is -0.115. The van der Waals surface area contributed by atoms with E-state index in [1.807, 2.05) is 43.5 Å². The Morgan fingerprint density at radius 3 is 2.68 bits per heavy atom. The molecule has 0 aliphatic rings. The van der Waals surface area contributed by atoms with Gasteiger partial charge >= 0.3 is 0 Å². The number of carbonyl (C=O) groups excluding carboxylic acids is 1. The van der Waals surface area contributed by atoms with Crippen molar-refractivity contribution in [3.05, 3.63) is 58.1 Å². The summed E-state index contributed by atoms with van der Waals surface area (Å²) >= 11 is 13.5. The van der Waals surface area contributed by atoms with E-state index < -0.39 is 5.25 Å². The summed E-state index contributed by atoms with van der Waals surface area (Å²) in [6, 6.07) is 13.2. The maximum Gasteiger partial charge on any atom is 0.237 e. The second kappa shape index (κ2) is 8.99. The molecule has 5 nitrogen and oxygen atoms in total. The summed E-state index contributed by atoms with van der Waals surface area (Å²) < 4.78 is 2.01. The van der Waals surface area contributed by atoms with Gasteiger partial charge in [-0.25, -0.2) is 0 Å². The molecule has 0 aliphatic carbocycles. The molecular formula is C20H20Cl2N4OS. The Kier molecular flexibility index (Phi) is 6.65. The van der Waals surface area contributed by atoms with Crippen LogP contribution in [0, 0.1) is 6.92 Å². The molecule has 0 aliphatic heterocycles. The number of nitrogens with zero attached hydrogens (tertiary/aromatic N) is 3. The Morgan fingerprint density at radius 1 is 1.21 bits per heavy atom. The van der Waals surface area contributed by atoms with E-state index in [2.05, 4.69) is 21.6 Å². The van der Waals surface area contributed by atoms with Gasteiger partial charge in [-0.2, -0.15) is 0 Å². The van der Waals surface area contributed by atoms with Gasteiger partial charge in [0.05, 0.1) is 21.0 Å². The molecule has 0 fully saturated rings. The first-order chi connectivity index (χ1) is 13.4. The number of anilines is 1. The lowest BCUT2D eigenvalue weighted by Gasteiger charge is -2.14. The monoisotopic (exact) mass is 434 g/mol. The van der Waals surface area contributed by atoms with Crippen LogP contribution in [0.3, 0.4) is 0 Å². The number of carbonyl (C=O) groups is 1. The van der Waals surface area contributed by atoms with E-state index >= 15 is 0 Å². The van der Waals surface area contributed by atoms with Gasteiger partial charge in [0.1, 0.15) is 0 Å². The van der Waals surface area contributed by atoms with Crippen molar-refractivity contribution in [2.24, 2.45) is 0 Å². The van der Waals surface area contributed by atoms with Gasteiger partial charge in [0.25, 0.3) is 0 Å². The summed E-state index contributed by atoms with van der Waals surface area (Å²) in [6.07, 6.45) is 0. The van der Waals surface area contributed by atoms with Gasteiger partial charge in [-0.3, -0.25) is 4.79 Å². The van der Waals surface area contributed by atoms with Crippen LogP contribution in [0.4, 0.5) is 5.69 Å². The molecule has 0 saturated heterocycles. The third-order valence-corrected chi connectivity index (χ3v) is 6.07. The molecule has 2 aromatic carbocycles. The molecule has 146 valence electrons. The molecule has 0 spiro atoms. The van der Waals surface area contributed by atoms with E-state index in [-0.39, 0.29) is 5.91 Å². The van der Waals surface area contributed by atoms with Gasteiger partial charge < -0.3 is 9.88 Å². The topological polar surface area (TPSA) is 59.8 Å². The van der Waals surface area contributed by atoms with Gasteiger partial charge in [-0.05, 0) is 39.0 Å². The maximum atomic E-state index is 12.6. The second-order valence-electron chi connectivity index (χ2n) is 6.27. The zero-order valence-electron chi connectivity index (χ0n) is 15.7. The van der Waals surface area contributed by atoms with Gasteiger partial charge in [-0.1, -0.05) is 64.8 Å². The molecule has 0 saturated carbocycles. The van der Waals surface area contributed by atoms with Crippen molar-refractivity contribution in [1.82, 2.24) is 14.8 Å². The first-order valence-corrected chi connectivity index (χ1v) is 10.5. The molecule has 28 heavy (non-hydrogen) atoms. The zero-order chi connectivity index (χ0) is 20.3. The van der Waals surface area contributed by atoms with E-state index in [9.17, 15) is 4.79 Å². The molecule has 0 bridgehead atoms. The Labute approximate surface area is 178 Å². The highest BCUT2D eigenvalue weighted by Crippen LogP contribution is 2.31. The zero-order valence-corrected chi connectivity index (χ0v) is 18.1. The highest BCUT2D eigenvalue weighted by molar-refractivity contribution is 8.00. The number of aromatic nitrogens is 3.